The zero-order valence-electron chi connectivity index (χ0n) is 13.0. The molecule has 2 heterocycles. The molecule has 0 aliphatic carbocycles. The number of nitrogens with zero attached hydrogens (tertiary/aromatic N) is 3. The highest BCUT2D eigenvalue weighted by molar-refractivity contribution is 5.66. The average Bonchev–Trinajstić information content (AvgIpc) is 2.52. The quantitative estimate of drug-likeness (QED) is 0.785. The van der Waals surface area contributed by atoms with Crippen molar-refractivity contribution >= 4 is 11.6 Å². The molecule has 0 amide bonds. The predicted octanol–water partition coefficient (Wildman–Crippen LogP) is 4.21. The number of hydrogen-bond donors (Lipinski definition) is 1. The molecule has 0 fully saturated rings. The molecular formula is C18H18N4. The lowest BCUT2D eigenvalue weighted by Gasteiger charge is -2.13. The molecule has 110 valence electrons. The second-order valence-electron chi connectivity index (χ2n) is 5.40. The van der Waals surface area contributed by atoms with Gasteiger partial charge in [-0.2, -0.15) is 0 Å². The molecule has 1 N–H and O–H groups in total. The Morgan fingerprint density at radius 3 is 2.23 bits per heavy atom. The van der Waals surface area contributed by atoms with Crippen LogP contribution in [0.5, 0.6) is 0 Å². The lowest BCUT2D eigenvalue weighted by atomic mass is 10.1. The second kappa shape index (κ2) is 5.93. The number of benzene rings is 1. The van der Waals surface area contributed by atoms with Crippen LogP contribution in [0.3, 0.4) is 0 Å². The summed E-state index contributed by atoms with van der Waals surface area (Å²) < 4.78 is 0. The zero-order chi connectivity index (χ0) is 15.5. The number of aromatic nitrogens is 3. The molecule has 3 rings (SSSR count). The van der Waals surface area contributed by atoms with Crippen LogP contribution in [0.1, 0.15) is 16.7 Å². The Morgan fingerprint density at radius 1 is 0.864 bits per heavy atom. The van der Waals surface area contributed by atoms with E-state index in [4.69, 9.17) is 0 Å². The van der Waals surface area contributed by atoms with E-state index >= 15 is 0 Å². The Bertz CT molecular complexity index is 774. The van der Waals surface area contributed by atoms with Crippen LogP contribution in [-0.4, -0.2) is 15.0 Å². The molecule has 3 aromatic rings. The third-order valence-corrected chi connectivity index (χ3v) is 3.55. The molecule has 4 nitrogen and oxygen atoms in total. The van der Waals surface area contributed by atoms with Crippen molar-refractivity contribution in [2.75, 3.05) is 5.32 Å². The van der Waals surface area contributed by atoms with Crippen molar-refractivity contribution in [1.82, 2.24) is 15.0 Å². The van der Waals surface area contributed by atoms with E-state index in [1.807, 2.05) is 18.2 Å². The van der Waals surface area contributed by atoms with E-state index in [2.05, 4.69) is 53.2 Å². The van der Waals surface area contributed by atoms with Crippen molar-refractivity contribution in [1.29, 1.82) is 0 Å². The maximum absolute atomic E-state index is 4.59. The lowest BCUT2D eigenvalue weighted by molar-refractivity contribution is 1.16. The Hall–Kier alpha value is -2.75. The van der Waals surface area contributed by atoms with Crippen molar-refractivity contribution in [2.45, 2.75) is 20.8 Å². The fraction of sp³-hybridized carbons (Fsp3) is 0.167. The first-order valence-electron chi connectivity index (χ1n) is 7.22. The van der Waals surface area contributed by atoms with Crippen LogP contribution in [0.25, 0.3) is 11.3 Å². The van der Waals surface area contributed by atoms with Crippen LogP contribution in [0.15, 0.2) is 48.9 Å². The molecule has 4 heteroatoms. The van der Waals surface area contributed by atoms with Crippen molar-refractivity contribution in [3.05, 3.63) is 65.6 Å². The highest BCUT2D eigenvalue weighted by atomic mass is 15.1. The molecule has 0 radical (unpaired) electrons. The van der Waals surface area contributed by atoms with Gasteiger partial charge in [-0.15, -0.1) is 0 Å². The summed E-state index contributed by atoms with van der Waals surface area (Å²) in [4.78, 5) is 13.0. The van der Waals surface area contributed by atoms with Crippen LogP contribution in [0, 0.1) is 20.8 Å². The number of anilines is 2. The second-order valence-corrected chi connectivity index (χ2v) is 5.40. The van der Waals surface area contributed by atoms with Crippen LogP contribution < -0.4 is 5.32 Å². The summed E-state index contributed by atoms with van der Waals surface area (Å²) in [5.41, 5.74) is 6.61. The van der Waals surface area contributed by atoms with Gasteiger partial charge >= 0.3 is 0 Å². The minimum absolute atomic E-state index is 0.601. The van der Waals surface area contributed by atoms with E-state index in [0.29, 0.717) is 5.95 Å². The van der Waals surface area contributed by atoms with Crippen molar-refractivity contribution in [2.24, 2.45) is 0 Å². The van der Waals surface area contributed by atoms with Gasteiger partial charge in [-0.05, 0) is 50.1 Å². The van der Waals surface area contributed by atoms with E-state index in [-0.39, 0.29) is 0 Å². The molecule has 0 spiro atoms. The van der Waals surface area contributed by atoms with Gasteiger partial charge < -0.3 is 5.32 Å². The van der Waals surface area contributed by atoms with Crippen LogP contribution in [-0.2, 0) is 0 Å². The van der Waals surface area contributed by atoms with Gasteiger partial charge in [-0.3, -0.25) is 4.98 Å². The first-order valence-corrected chi connectivity index (χ1v) is 7.22. The van der Waals surface area contributed by atoms with Crippen LogP contribution in [0.2, 0.25) is 0 Å². The van der Waals surface area contributed by atoms with E-state index in [0.717, 1.165) is 16.9 Å². The largest absolute Gasteiger partial charge is 0.324 e. The van der Waals surface area contributed by atoms with E-state index < -0.39 is 0 Å². The maximum Gasteiger partial charge on any atom is 0.227 e. The Morgan fingerprint density at radius 2 is 1.55 bits per heavy atom. The smallest absolute Gasteiger partial charge is 0.227 e. The summed E-state index contributed by atoms with van der Waals surface area (Å²) in [6.45, 7) is 6.29. The summed E-state index contributed by atoms with van der Waals surface area (Å²) in [6.07, 6.45) is 5.29. The molecule has 0 saturated carbocycles. The zero-order valence-corrected chi connectivity index (χ0v) is 13.0. The Balaban J connectivity index is 1.94. The van der Waals surface area contributed by atoms with Gasteiger partial charge in [0.15, 0.2) is 0 Å². The highest BCUT2D eigenvalue weighted by Crippen LogP contribution is 2.25. The molecule has 0 atom stereocenters. The Kier molecular flexibility index (Phi) is 3.83. The van der Waals surface area contributed by atoms with Gasteiger partial charge in [-0.1, -0.05) is 17.7 Å². The molecule has 22 heavy (non-hydrogen) atoms. The van der Waals surface area contributed by atoms with Gasteiger partial charge in [0.1, 0.15) is 0 Å². The third kappa shape index (κ3) is 2.96. The van der Waals surface area contributed by atoms with Gasteiger partial charge in [0.2, 0.25) is 5.95 Å². The van der Waals surface area contributed by atoms with E-state index in [1.165, 1.54) is 16.7 Å². The first-order chi connectivity index (χ1) is 10.6. The minimum atomic E-state index is 0.601. The molecule has 0 saturated heterocycles. The SMILES string of the molecule is Cc1cc(C)c(Nc2nccc(-c3ccncc3)n2)c(C)c1. The van der Waals surface area contributed by atoms with Gasteiger partial charge in [0.05, 0.1) is 5.69 Å². The monoisotopic (exact) mass is 290 g/mol. The molecule has 1 aromatic carbocycles. The number of nitrogens with one attached hydrogen (secondary N) is 1. The molecule has 0 unspecified atom stereocenters. The van der Waals surface area contributed by atoms with Crippen molar-refractivity contribution in [3.8, 4) is 11.3 Å². The summed E-state index contributed by atoms with van der Waals surface area (Å²) >= 11 is 0. The summed E-state index contributed by atoms with van der Waals surface area (Å²) in [7, 11) is 0. The van der Waals surface area contributed by atoms with Gasteiger partial charge in [0, 0.05) is 29.8 Å². The summed E-state index contributed by atoms with van der Waals surface area (Å²) in [5, 5.41) is 3.34. The van der Waals surface area contributed by atoms with Crippen molar-refractivity contribution < 1.29 is 0 Å². The van der Waals surface area contributed by atoms with Crippen molar-refractivity contribution in [3.63, 3.8) is 0 Å². The van der Waals surface area contributed by atoms with Gasteiger partial charge in [0.25, 0.3) is 0 Å². The lowest BCUT2D eigenvalue weighted by Crippen LogP contribution is -2.01. The van der Waals surface area contributed by atoms with E-state index in [1.54, 1.807) is 18.6 Å². The van der Waals surface area contributed by atoms with Crippen LogP contribution in [0.4, 0.5) is 11.6 Å². The number of aryl methyl sites for hydroxylation is 3. The van der Waals surface area contributed by atoms with Gasteiger partial charge in [-0.25, -0.2) is 9.97 Å². The molecule has 0 bridgehead atoms. The summed E-state index contributed by atoms with van der Waals surface area (Å²) in [6, 6.07) is 10.1. The fourth-order valence-corrected chi connectivity index (χ4v) is 2.59. The van der Waals surface area contributed by atoms with Crippen LogP contribution >= 0.6 is 0 Å². The predicted molar refractivity (Wildman–Crippen MR) is 89.2 cm³/mol. The molecule has 0 aliphatic rings. The topological polar surface area (TPSA) is 50.7 Å². The minimum Gasteiger partial charge on any atom is -0.324 e. The third-order valence-electron chi connectivity index (χ3n) is 3.55. The average molecular weight is 290 g/mol. The molecule has 0 aliphatic heterocycles. The number of hydrogen-bond acceptors (Lipinski definition) is 4. The fourth-order valence-electron chi connectivity index (χ4n) is 2.59. The number of rotatable bonds is 3. The molecule has 2 aromatic heterocycles. The normalized spacial score (nSPS) is 10.5. The maximum atomic E-state index is 4.59. The van der Waals surface area contributed by atoms with E-state index in [9.17, 15) is 0 Å². The summed E-state index contributed by atoms with van der Waals surface area (Å²) in [5.74, 6) is 0.601. The molecular weight excluding hydrogens is 272 g/mol. The highest BCUT2D eigenvalue weighted by Gasteiger charge is 2.07. The Labute approximate surface area is 130 Å². The standard InChI is InChI=1S/C18H18N4/c1-12-10-13(2)17(14(3)11-12)22-18-20-9-6-16(21-18)15-4-7-19-8-5-15/h4-11H,1-3H3,(H,20,21,22). The number of pyridine rings is 1. The first kappa shape index (κ1) is 14.2.